The van der Waals surface area contributed by atoms with Gasteiger partial charge in [-0.05, 0) is 39.7 Å². The molecule has 0 bridgehead atoms. The normalized spacial score (nSPS) is 26.5. The van der Waals surface area contributed by atoms with Gasteiger partial charge in [0, 0.05) is 12.1 Å². The van der Waals surface area contributed by atoms with Gasteiger partial charge in [-0.3, -0.25) is 4.79 Å². The van der Waals surface area contributed by atoms with Crippen molar-refractivity contribution in [3.05, 3.63) is 0 Å². The molecule has 3 unspecified atom stereocenters. The van der Waals surface area contributed by atoms with Gasteiger partial charge in [-0.1, -0.05) is 13.3 Å². The number of amides is 1. The van der Waals surface area contributed by atoms with E-state index in [0.29, 0.717) is 6.04 Å². The molecule has 1 saturated heterocycles. The van der Waals surface area contributed by atoms with Crippen LogP contribution in [0.25, 0.3) is 0 Å². The SMILES string of the molecule is CCCC(C)NC(=O)COC1CCCNC1C. The maximum absolute atomic E-state index is 11.6. The molecule has 0 saturated carbocycles. The summed E-state index contributed by atoms with van der Waals surface area (Å²) in [5, 5.41) is 6.31. The van der Waals surface area contributed by atoms with E-state index in [4.69, 9.17) is 4.74 Å². The van der Waals surface area contributed by atoms with Crippen LogP contribution in [0.3, 0.4) is 0 Å². The van der Waals surface area contributed by atoms with Gasteiger partial charge in [-0.2, -0.15) is 0 Å². The summed E-state index contributed by atoms with van der Waals surface area (Å²) in [6, 6.07) is 0.600. The van der Waals surface area contributed by atoms with Gasteiger partial charge in [-0.25, -0.2) is 0 Å². The zero-order valence-corrected chi connectivity index (χ0v) is 11.3. The minimum absolute atomic E-state index is 0.00345. The number of hydrogen-bond donors (Lipinski definition) is 2. The number of hydrogen-bond acceptors (Lipinski definition) is 3. The van der Waals surface area contributed by atoms with Gasteiger partial charge >= 0.3 is 0 Å². The van der Waals surface area contributed by atoms with E-state index in [1.54, 1.807) is 0 Å². The molecule has 0 radical (unpaired) electrons. The lowest BCUT2D eigenvalue weighted by Gasteiger charge is -2.29. The molecule has 1 rings (SSSR count). The Bertz CT molecular complexity index is 233. The second-order valence-electron chi connectivity index (χ2n) is 4.99. The van der Waals surface area contributed by atoms with E-state index in [9.17, 15) is 4.79 Å². The summed E-state index contributed by atoms with van der Waals surface area (Å²) in [7, 11) is 0. The number of carbonyl (C=O) groups is 1. The Morgan fingerprint density at radius 1 is 1.59 bits per heavy atom. The number of carbonyl (C=O) groups excluding carboxylic acids is 1. The minimum atomic E-state index is 0.00345. The van der Waals surface area contributed by atoms with E-state index in [1.807, 2.05) is 6.92 Å². The average Bonchev–Trinajstić information content (AvgIpc) is 2.28. The largest absolute Gasteiger partial charge is 0.367 e. The lowest BCUT2D eigenvalue weighted by molar-refractivity contribution is -0.129. The lowest BCUT2D eigenvalue weighted by atomic mass is 10.0. The molecular formula is C13H26N2O2. The Labute approximate surface area is 104 Å². The Kier molecular flexibility index (Phi) is 6.52. The van der Waals surface area contributed by atoms with Crippen LogP contribution < -0.4 is 10.6 Å². The summed E-state index contributed by atoms with van der Waals surface area (Å²) in [5.41, 5.74) is 0. The van der Waals surface area contributed by atoms with Crippen molar-refractivity contribution in [1.82, 2.24) is 10.6 Å². The number of piperidine rings is 1. The molecule has 1 fully saturated rings. The highest BCUT2D eigenvalue weighted by Crippen LogP contribution is 2.11. The molecule has 1 aliphatic rings. The maximum atomic E-state index is 11.6. The molecule has 1 amide bonds. The molecule has 1 heterocycles. The molecule has 4 heteroatoms. The highest BCUT2D eigenvalue weighted by atomic mass is 16.5. The van der Waals surface area contributed by atoms with E-state index in [2.05, 4.69) is 24.5 Å². The first kappa shape index (κ1) is 14.5. The third-order valence-corrected chi connectivity index (χ3v) is 3.25. The minimum Gasteiger partial charge on any atom is -0.367 e. The predicted molar refractivity (Wildman–Crippen MR) is 69.0 cm³/mol. The third-order valence-electron chi connectivity index (χ3n) is 3.25. The third kappa shape index (κ3) is 5.50. The summed E-state index contributed by atoms with van der Waals surface area (Å²) in [4.78, 5) is 11.6. The molecule has 100 valence electrons. The summed E-state index contributed by atoms with van der Waals surface area (Å²) in [6.45, 7) is 7.51. The zero-order valence-electron chi connectivity index (χ0n) is 11.3. The number of rotatable bonds is 6. The van der Waals surface area contributed by atoms with Crippen molar-refractivity contribution >= 4 is 5.91 Å². The van der Waals surface area contributed by atoms with Crippen LogP contribution in [0.4, 0.5) is 0 Å². The van der Waals surface area contributed by atoms with Gasteiger partial charge in [0.05, 0.1) is 6.10 Å². The van der Waals surface area contributed by atoms with Crippen LogP contribution in [0.2, 0.25) is 0 Å². The highest BCUT2D eigenvalue weighted by molar-refractivity contribution is 5.77. The number of nitrogens with one attached hydrogen (secondary N) is 2. The Hall–Kier alpha value is -0.610. The second kappa shape index (κ2) is 7.67. The average molecular weight is 242 g/mol. The Morgan fingerprint density at radius 2 is 2.35 bits per heavy atom. The van der Waals surface area contributed by atoms with E-state index >= 15 is 0 Å². The second-order valence-corrected chi connectivity index (χ2v) is 4.99. The van der Waals surface area contributed by atoms with Crippen LogP contribution in [0, 0.1) is 0 Å². The Balaban J connectivity index is 2.18. The van der Waals surface area contributed by atoms with Crippen molar-refractivity contribution in [3.63, 3.8) is 0 Å². The van der Waals surface area contributed by atoms with Gasteiger partial charge in [0.25, 0.3) is 0 Å². The van der Waals surface area contributed by atoms with Crippen LogP contribution in [0.15, 0.2) is 0 Å². The molecule has 0 aromatic carbocycles. The summed E-state index contributed by atoms with van der Waals surface area (Å²) < 4.78 is 5.66. The fourth-order valence-corrected chi connectivity index (χ4v) is 2.25. The molecular weight excluding hydrogens is 216 g/mol. The smallest absolute Gasteiger partial charge is 0.246 e. The summed E-state index contributed by atoms with van der Waals surface area (Å²) >= 11 is 0. The van der Waals surface area contributed by atoms with Crippen LogP contribution in [-0.2, 0) is 9.53 Å². The fourth-order valence-electron chi connectivity index (χ4n) is 2.25. The molecule has 0 aromatic heterocycles. The van der Waals surface area contributed by atoms with Crippen LogP contribution in [0.5, 0.6) is 0 Å². The standard InChI is InChI=1S/C13H26N2O2/c1-4-6-10(2)15-13(16)9-17-12-7-5-8-14-11(12)3/h10-12,14H,4-9H2,1-3H3,(H,15,16). The molecule has 0 aromatic rings. The van der Waals surface area contributed by atoms with Gasteiger partial charge < -0.3 is 15.4 Å². The highest BCUT2D eigenvalue weighted by Gasteiger charge is 2.22. The van der Waals surface area contributed by atoms with Crippen molar-refractivity contribution in [3.8, 4) is 0 Å². The molecule has 17 heavy (non-hydrogen) atoms. The number of ether oxygens (including phenoxy) is 1. The van der Waals surface area contributed by atoms with Gasteiger partial charge in [0.1, 0.15) is 6.61 Å². The maximum Gasteiger partial charge on any atom is 0.246 e. The molecule has 4 nitrogen and oxygen atoms in total. The van der Waals surface area contributed by atoms with E-state index in [1.165, 1.54) is 0 Å². The van der Waals surface area contributed by atoms with E-state index in [0.717, 1.165) is 32.2 Å². The van der Waals surface area contributed by atoms with Gasteiger partial charge in [-0.15, -0.1) is 0 Å². The topological polar surface area (TPSA) is 50.4 Å². The molecule has 3 atom stereocenters. The Morgan fingerprint density at radius 3 is 3.00 bits per heavy atom. The van der Waals surface area contributed by atoms with Gasteiger partial charge in [0.15, 0.2) is 0 Å². The van der Waals surface area contributed by atoms with Crippen molar-refractivity contribution < 1.29 is 9.53 Å². The first-order valence-electron chi connectivity index (χ1n) is 6.77. The van der Waals surface area contributed by atoms with Crippen LogP contribution in [0.1, 0.15) is 46.5 Å². The van der Waals surface area contributed by atoms with E-state index in [-0.39, 0.29) is 24.7 Å². The van der Waals surface area contributed by atoms with E-state index < -0.39 is 0 Å². The molecule has 2 N–H and O–H groups in total. The van der Waals surface area contributed by atoms with Crippen molar-refractivity contribution in [2.45, 2.75) is 64.6 Å². The first-order chi connectivity index (χ1) is 8.13. The lowest BCUT2D eigenvalue weighted by Crippen LogP contribution is -2.45. The summed E-state index contributed by atoms with van der Waals surface area (Å²) in [6.07, 6.45) is 4.46. The molecule has 0 spiro atoms. The van der Waals surface area contributed by atoms with Gasteiger partial charge in [0.2, 0.25) is 5.91 Å². The van der Waals surface area contributed by atoms with Crippen molar-refractivity contribution in [2.24, 2.45) is 0 Å². The molecule has 0 aliphatic carbocycles. The van der Waals surface area contributed by atoms with Crippen molar-refractivity contribution in [1.29, 1.82) is 0 Å². The monoisotopic (exact) mass is 242 g/mol. The first-order valence-corrected chi connectivity index (χ1v) is 6.77. The van der Waals surface area contributed by atoms with Crippen molar-refractivity contribution in [2.75, 3.05) is 13.2 Å². The van der Waals surface area contributed by atoms with Crippen LogP contribution in [-0.4, -0.2) is 37.2 Å². The summed E-state index contributed by atoms with van der Waals surface area (Å²) in [5.74, 6) is 0.00345. The zero-order chi connectivity index (χ0) is 12.7. The fraction of sp³-hybridized carbons (Fsp3) is 0.923. The molecule has 1 aliphatic heterocycles. The van der Waals surface area contributed by atoms with Crippen LogP contribution >= 0.6 is 0 Å². The predicted octanol–water partition coefficient (Wildman–Crippen LogP) is 1.45. The quantitative estimate of drug-likeness (QED) is 0.741.